The van der Waals surface area contributed by atoms with Gasteiger partial charge in [-0.15, -0.1) is 0 Å². The molecule has 1 aliphatic rings. The van der Waals surface area contributed by atoms with Crippen LogP contribution in [0, 0.1) is 0 Å². The number of rotatable bonds is 1. The third-order valence-electron chi connectivity index (χ3n) is 1.61. The van der Waals surface area contributed by atoms with Crippen molar-refractivity contribution < 1.29 is 0 Å². The molecule has 0 fully saturated rings. The van der Waals surface area contributed by atoms with Crippen molar-refractivity contribution in [2.24, 2.45) is 4.99 Å². The molecule has 1 rings (SSSR count). The van der Waals surface area contributed by atoms with E-state index < -0.39 is 0 Å². The van der Waals surface area contributed by atoms with E-state index in [0.29, 0.717) is 0 Å². The zero-order chi connectivity index (χ0) is 7.40. The maximum Gasteiger partial charge on any atom is 0.0392 e. The Bertz CT molecular complexity index is 162. The molecule has 1 aliphatic heterocycles. The molecule has 0 aromatic carbocycles. The highest BCUT2D eigenvalue weighted by Crippen LogP contribution is 2.07. The van der Waals surface area contributed by atoms with E-state index in [1.165, 1.54) is 30.5 Å². The van der Waals surface area contributed by atoms with Crippen LogP contribution in [0.2, 0.25) is 0 Å². The van der Waals surface area contributed by atoms with Crippen LogP contribution in [-0.2, 0) is 0 Å². The van der Waals surface area contributed by atoms with Gasteiger partial charge in [-0.2, -0.15) is 0 Å². The molecule has 1 nitrogen and oxygen atoms in total. The molecule has 0 aliphatic carbocycles. The molecule has 0 aromatic rings. The quantitative estimate of drug-likeness (QED) is 0.526. The van der Waals surface area contributed by atoms with Crippen LogP contribution in [0.15, 0.2) is 16.6 Å². The van der Waals surface area contributed by atoms with Gasteiger partial charge in [-0.25, -0.2) is 0 Å². The Labute approximate surface area is 62.9 Å². The van der Waals surface area contributed by atoms with Crippen LogP contribution in [0.1, 0.15) is 33.1 Å². The minimum absolute atomic E-state index is 1.04. The van der Waals surface area contributed by atoms with Crippen molar-refractivity contribution in [1.29, 1.82) is 0 Å². The van der Waals surface area contributed by atoms with Gasteiger partial charge < -0.3 is 0 Å². The van der Waals surface area contributed by atoms with Crippen LogP contribution < -0.4 is 0 Å². The topological polar surface area (TPSA) is 12.4 Å². The van der Waals surface area contributed by atoms with Gasteiger partial charge in [0.1, 0.15) is 0 Å². The highest BCUT2D eigenvalue weighted by atomic mass is 14.7. The second-order valence-corrected chi connectivity index (χ2v) is 3.05. The van der Waals surface area contributed by atoms with Crippen LogP contribution in [0.3, 0.4) is 0 Å². The van der Waals surface area contributed by atoms with Gasteiger partial charge in [0.2, 0.25) is 0 Å². The first-order valence-electron chi connectivity index (χ1n) is 3.97. The number of nitrogens with zero attached hydrogens (tertiary/aromatic N) is 1. The highest BCUT2D eigenvalue weighted by molar-refractivity contribution is 5.95. The summed E-state index contributed by atoms with van der Waals surface area (Å²) in [7, 11) is 0. The third-order valence-corrected chi connectivity index (χ3v) is 1.61. The van der Waals surface area contributed by atoms with Crippen molar-refractivity contribution in [3.63, 3.8) is 0 Å². The standard InChI is InChI=1S/C9H15N/c1-8(2)7-9-5-3-4-6-10-9/h7H,3-6H2,1-2H3. The van der Waals surface area contributed by atoms with Crippen LogP contribution in [0.5, 0.6) is 0 Å². The van der Waals surface area contributed by atoms with Crippen LogP contribution >= 0.6 is 0 Å². The normalized spacial score (nSPS) is 18.0. The summed E-state index contributed by atoms with van der Waals surface area (Å²) in [5.74, 6) is 0. The van der Waals surface area contributed by atoms with Gasteiger partial charge in [0, 0.05) is 12.3 Å². The molecule has 0 spiro atoms. The molecule has 1 heterocycles. The zero-order valence-corrected chi connectivity index (χ0v) is 6.85. The maximum absolute atomic E-state index is 4.41. The van der Waals surface area contributed by atoms with Crippen LogP contribution in [-0.4, -0.2) is 12.3 Å². The largest absolute Gasteiger partial charge is 0.290 e. The van der Waals surface area contributed by atoms with E-state index in [9.17, 15) is 0 Å². The van der Waals surface area contributed by atoms with E-state index in [-0.39, 0.29) is 0 Å². The Hall–Kier alpha value is -0.590. The summed E-state index contributed by atoms with van der Waals surface area (Å²) in [6.45, 7) is 5.29. The van der Waals surface area contributed by atoms with E-state index >= 15 is 0 Å². The molecule has 0 saturated carbocycles. The van der Waals surface area contributed by atoms with Gasteiger partial charge in [-0.1, -0.05) is 5.57 Å². The van der Waals surface area contributed by atoms with Gasteiger partial charge in [0.05, 0.1) is 0 Å². The Kier molecular flexibility index (Phi) is 2.67. The average molecular weight is 137 g/mol. The molecule has 1 heteroatoms. The van der Waals surface area contributed by atoms with Crippen molar-refractivity contribution in [2.75, 3.05) is 6.54 Å². The van der Waals surface area contributed by atoms with E-state index in [1.807, 2.05) is 0 Å². The molecule has 0 bridgehead atoms. The van der Waals surface area contributed by atoms with E-state index in [1.54, 1.807) is 0 Å². The first kappa shape index (κ1) is 7.52. The molecule has 0 atom stereocenters. The van der Waals surface area contributed by atoms with E-state index in [4.69, 9.17) is 0 Å². The monoisotopic (exact) mass is 137 g/mol. The lowest BCUT2D eigenvalue weighted by molar-refractivity contribution is 0.740. The Morgan fingerprint density at radius 3 is 2.70 bits per heavy atom. The summed E-state index contributed by atoms with van der Waals surface area (Å²) in [5, 5.41) is 0. The molecular formula is C9H15N. The number of allylic oxidation sites excluding steroid dienone is 2. The molecule has 0 amide bonds. The minimum Gasteiger partial charge on any atom is -0.290 e. The van der Waals surface area contributed by atoms with E-state index in [0.717, 1.165) is 6.54 Å². The van der Waals surface area contributed by atoms with Crippen molar-refractivity contribution >= 4 is 5.71 Å². The highest BCUT2D eigenvalue weighted by Gasteiger charge is 2.00. The first-order valence-corrected chi connectivity index (χ1v) is 3.97. The fraction of sp³-hybridized carbons (Fsp3) is 0.667. The first-order chi connectivity index (χ1) is 4.79. The Morgan fingerprint density at radius 2 is 2.20 bits per heavy atom. The summed E-state index contributed by atoms with van der Waals surface area (Å²) in [5.41, 5.74) is 2.66. The lowest BCUT2D eigenvalue weighted by atomic mass is 10.1. The lowest BCUT2D eigenvalue weighted by Gasteiger charge is -2.07. The van der Waals surface area contributed by atoms with Gasteiger partial charge in [-0.05, 0) is 39.2 Å². The van der Waals surface area contributed by atoms with Crippen molar-refractivity contribution in [3.05, 3.63) is 11.6 Å². The van der Waals surface area contributed by atoms with Crippen molar-refractivity contribution in [1.82, 2.24) is 0 Å². The Balaban J connectivity index is 2.54. The molecule has 0 saturated heterocycles. The average Bonchev–Trinajstić information content (AvgIpc) is 1.88. The number of aliphatic imine (C=N–C) groups is 1. The van der Waals surface area contributed by atoms with Crippen LogP contribution in [0.4, 0.5) is 0 Å². The summed E-state index contributed by atoms with van der Waals surface area (Å²) in [6, 6.07) is 0. The summed E-state index contributed by atoms with van der Waals surface area (Å²) in [4.78, 5) is 4.41. The lowest BCUT2D eigenvalue weighted by Crippen LogP contribution is -2.02. The predicted octanol–water partition coefficient (Wildman–Crippen LogP) is 2.58. The van der Waals surface area contributed by atoms with Crippen molar-refractivity contribution in [3.8, 4) is 0 Å². The summed E-state index contributed by atoms with van der Waals surface area (Å²) < 4.78 is 0. The van der Waals surface area contributed by atoms with E-state index in [2.05, 4.69) is 24.9 Å². The fourth-order valence-corrected chi connectivity index (χ4v) is 1.17. The van der Waals surface area contributed by atoms with Gasteiger partial charge in [0.15, 0.2) is 0 Å². The second-order valence-electron chi connectivity index (χ2n) is 3.05. The predicted molar refractivity (Wildman–Crippen MR) is 45.6 cm³/mol. The molecule has 0 N–H and O–H groups in total. The Morgan fingerprint density at radius 1 is 1.40 bits per heavy atom. The SMILES string of the molecule is CC(C)=CC1=NCCCC1. The smallest absolute Gasteiger partial charge is 0.0392 e. The molecular weight excluding hydrogens is 122 g/mol. The molecule has 0 unspecified atom stereocenters. The fourth-order valence-electron chi connectivity index (χ4n) is 1.17. The number of hydrogen-bond acceptors (Lipinski definition) is 1. The van der Waals surface area contributed by atoms with Gasteiger partial charge in [-0.3, -0.25) is 4.99 Å². The number of hydrogen-bond donors (Lipinski definition) is 0. The minimum atomic E-state index is 1.04. The molecule has 0 aromatic heterocycles. The second kappa shape index (κ2) is 3.55. The molecule has 0 radical (unpaired) electrons. The summed E-state index contributed by atoms with van der Waals surface area (Å²) >= 11 is 0. The van der Waals surface area contributed by atoms with Gasteiger partial charge in [0.25, 0.3) is 0 Å². The zero-order valence-electron chi connectivity index (χ0n) is 6.85. The molecule has 10 heavy (non-hydrogen) atoms. The molecule has 56 valence electrons. The van der Waals surface area contributed by atoms with Crippen molar-refractivity contribution in [2.45, 2.75) is 33.1 Å². The summed E-state index contributed by atoms with van der Waals surface area (Å²) in [6.07, 6.45) is 5.98. The van der Waals surface area contributed by atoms with Gasteiger partial charge >= 0.3 is 0 Å². The maximum atomic E-state index is 4.41. The van der Waals surface area contributed by atoms with Crippen LogP contribution in [0.25, 0.3) is 0 Å². The third kappa shape index (κ3) is 2.34.